The van der Waals surface area contributed by atoms with Crippen LogP contribution in [0.3, 0.4) is 0 Å². The molecule has 0 unspecified atom stereocenters. The maximum Gasteiger partial charge on any atom is 0.227 e. The summed E-state index contributed by atoms with van der Waals surface area (Å²) in [5, 5.41) is 2.79. The maximum atomic E-state index is 12.2. The van der Waals surface area contributed by atoms with E-state index < -0.39 is 0 Å². The highest BCUT2D eigenvalue weighted by molar-refractivity contribution is 6.00. The summed E-state index contributed by atoms with van der Waals surface area (Å²) < 4.78 is 5.39. The van der Waals surface area contributed by atoms with Gasteiger partial charge in [0.2, 0.25) is 11.8 Å². The number of nitrogens with zero attached hydrogens (tertiary/aromatic N) is 1. The van der Waals surface area contributed by atoms with Crippen LogP contribution >= 0.6 is 0 Å². The van der Waals surface area contributed by atoms with E-state index in [2.05, 4.69) is 5.32 Å². The molecule has 6 nitrogen and oxygen atoms in total. The monoisotopic (exact) mass is 380 g/mol. The summed E-state index contributed by atoms with van der Waals surface area (Å²) in [7, 11) is 1.53. The Labute approximate surface area is 164 Å². The van der Waals surface area contributed by atoms with Crippen molar-refractivity contribution in [3.8, 4) is 5.75 Å². The lowest BCUT2D eigenvalue weighted by Crippen LogP contribution is -2.24. The lowest BCUT2D eigenvalue weighted by molar-refractivity contribution is -0.117. The number of amides is 2. The first-order valence-corrected chi connectivity index (χ1v) is 9.36. The molecule has 6 heteroatoms. The Balaban J connectivity index is 1.60. The number of carbonyl (C=O) groups is 3. The standard InChI is InChI=1S/C22H24N2O4/c1-15-5-7-16(8-6-15)19(25)11-12-21(26)23-17-9-10-18(20(14-17)28-2)24-13-3-4-22(24)27/h5-10,14H,3-4,11-13H2,1-2H3,(H,23,26). The van der Waals surface area contributed by atoms with Crippen LogP contribution in [0.15, 0.2) is 42.5 Å². The quantitative estimate of drug-likeness (QED) is 0.743. The number of carbonyl (C=O) groups excluding carboxylic acids is 3. The van der Waals surface area contributed by atoms with Crippen LogP contribution in [0.4, 0.5) is 11.4 Å². The first-order valence-electron chi connectivity index (χ1n) is 9.36. The Bertz CT molecular complexity index is 890. The fraction of sp³-hybridized carbons (Fsp3) is 0.318. The minimum atomic E-state index is -0.243. The van der Waals surface area contributed by atoms with E-state index in [4.69, 9.17) is 4.74 Å². The molecule has 0 radical (unpaired) electrons. The van der Waals surface area contributed by atoms with Crippen molar-refractivity contribution < 1.29 is 19.1 Å². The second-order valence-corrected chi connectivity index (χ2v) is 6.87. The van der Waals surface area contributed by atoms with Gasteiger partial charge in [-0.05, 0) is 25.5 Å². The lowest BCUT2D eigenvalue weighted by atomic mass is 10.0. The molecule has 1 fully saturated rings. The number of ketones is 1. The Kier molecular flexibility index (Phi) is 6.09. The first kappa shape index (κ1) is 19.6. The molecule has 28 heavy (non-hydrogen) atoms. The summed E-state index contributed by atoms with van der Waals surface area (Å²) >= 11 is 0. The predicted octanol–water partition coefficient (Wildman–Crippen LogP) is 3.73. The Hall–Kier alpha value is -3.15. The molecule has 2 aromatic rings. The maximum absolute atomic E-state index is 12.2. The van der Waals surface area contributed by atoms with E-state index in [-0.39, 0.29) is 30.4 Å². The summed E-state index contributed by atoms with van der Waals surface area (Å²) in [6, 6.07) is 12.5. The van der Waals surface area contributed by atoms with Gasteiger partial charge in [0.25, 0.3) is 0 Å². The molecule has 0 spiro atoms. The number of benzene rings is 2. The number of nitrogens with one attached hydrogen (secondary N) is 1. The summed E-state index contributed by atoms with van der Waals surface area (Å²) in [4.78, 5) is 38.1. The minimum absolute atomic E-state index is 0.0596. The minimum Gasteiger partial charge on any atom is -0.494 e. The fourth-order valence-corrected chi connectivity index (χ4v) is 3.22. The molecule has 2 amide bonds. The highest BCUT2D eigenvalue weighted by Gasteiger charge is 2.24. The molecular weight excluding hydrogens is 356 g/mol. The molecule has 1 N–H and O–H groups in total. The molecule has 0 aliphatic carbocycles. The van der Waals surface area contributed by atoms with Crippen molar-refractivity contribution in [1.29, 1.82) is 0 Å². The zero-order valence-corrected chi connectivity index (χ0v) is 16.2. The van der Waals surface area contributed by atoms with Gasteiger partial charge in [-0.25, -0.2) is 0 Å². The van der Waals surface area contributed by atoms with Gasteiger partial charge < -0.3 is 15.0 Å². The number of methoxy groups -OCH3 is 1. The van der Waals surface area contributed by atoms with E-state index in [0.29, 0.717) is 35.7 Å². The zero-order chi connectivity index (χ0) is 20.1. The fourth-order valence-electron chi connectivity index (χ4n) is 3.22. The third kappa shape index (κ3) is 4.57. The Morgan fingerprint density at radius 3 is 2.50 bits per heavy atom. The second-order valence-electron chi connectivity index (χ2n) is 6.87. The van der Waals surface area contributed by atoms with Crippen molar-refractivity contribution in [2.24, 2.45) is 0 Å². The van der Waals surface area contributed by atoms with Crippen molar-refractivity contribution in [1.82, 2.24) is 0 Å². The molecule has 3 rings (SSSR count). The van der Waals surface area contributed by atoms with Gasteiger partial charge in [-0.15, -0.1) is 0 Å². The van der Waals surface area contributed by atoms with Gasteiger partial charge in [0.1, 0.15) is 5.75 Å². The summed E-state index contributed by atoms with van der Waals surface area (Å²) in [5.74, 6) is 0.302. The molecule has 0 saturated carbocycles. The van der Waals surface area contributed by atoms with E-state index in [0.717, 1.165) is 12.0 Å². The molecule has 0 bridgehead atoms. The summed E-state index contributed by atoms with van der Waals surface area (Å²) in [5.41, 5.74) is 2.97. The normalized spacial score (nSPS) is 13.5. The lowest BCUT2D eigenvalue weighted by Gasteiger charge is -2.19. The first-order chi connectivity index (χ1) is 13.5. The van der Waals surface area contributed by atoms with Crippen LogP contribution in [0.2, 0.25) is 0 Å². The van der Waals surface area contributed by atoms with Gasteiger partial charge in [-0.3, -0.25) is 14.4 Å². The van der Waals surface area contributed by atoms with Crippen molar-refractivity contribution in [3.63, 3.8) is 0 Å². The van der Waals surface area contributed by atoms with Gasteiger partial charge in [0.15, 0.2) is 5.78 Å². The SMILES string of the molecule is COc1cc(NC(=O)CCC(=O)c2ccc(C)cc2)ccc1N1CCCC1=O. The number of hydrogen-bond donors (Lipinski definition) is 1. The molecule has 0 atom stereocenters. The summed E-state index contributed by atoms with van der Waals surface area (Å²) in [6.45, 7) is 2.63. The molecule has 0 aromatic heterocycles. The van der Waals surface area contributed by atoms with Crippen LogP contribution in [-0.2, 0) is 9.59 Å². The van der Waals surface area contributed by atoms with Crippen LogP contribution in [0.1, 0.15) is 41.6 Å². The number of rotatable bonds is 7. The van der Waals surface area contributed by atoms with Crippen molar-refractivity contribution in [3.05, 3.63) is 53.6 Å². The third-order valence-corrected chi connectivity index (χ3v) is 4.78. The van der Waals surface area contributed by atoms with E-state index in [1.807, 2.05) is 19.1 Å². The largest absolute Gasteiger partial charge is 0.494 e. The predicted molar refractivity (Wildman–Crippen MR) is 108 cm³/mol. The molecule has 1 heterocycles. The van der Waals surface area contributed by atoms with Crippen LogP contribution in [0.5, 0.6) is 5.75 Å². The average molecular weight is 380 g/mol. The Morgan fingerprint density at radius 1 is 1.11 bits per heavy atom. The van der Waals surface area contributed by atoms with Gasteiger partial charge in [-0.1, -0.05) is 29.8 Å². The number of anilines is 2. The number of hydrogen-bond acceptors (Lipinski definition) is 4. The van der Waals surface area contributed by atoms with Crippen molar-refractivity contribution >= 4 is 29.0 Å². The van der Waals surface area contributed by atoms with Gasteiger partial charge in [-0.2, -0.15) is 0 Å². The molecule has 2 aromatic carbocycles. The molecule has 146 valence electrons. The number of ether oxygens (including phenoxy) is 1. The molecule has 1 aliphatic rings. The average Bonchev–Trinajstić information content (AvgIpc) is 3.12. The van der Waals surface area contributed by atoms with Gasteiger partial charge >= 0.3 is 0 Å². The van der Waals surface area contributed by atoms with Crippen LogP contribution in [0, 0.1) is 6.92 Å². The topological polar surface area (TPSA) is 75.7 Å². The van der Waals surface area contributed by atoms with E-state index >= 15 is 0 Å². The van der Waals surface area contributed by atoms with Gasteiger partial charge in [0, 0.05) is 43.1 Å². The molecule has 1 aliphatic heterocycles. The van der Waals surface area contributed by atoms with Crippen molar-refractivity contribution in [2.45, 2.75) is 32.6 Å². The highest BCUT2D eigenvalue weighted by Crippen LogP contribution is 2.33. The summed E-state index contributed by atoms with van der Waals surface area (Å²) in [6.07, 6.45) is 1.61. The van der Waals surface area contributed by atoms with E-state index in [1.54, 1.807) is 35.2 Å². The highest BCUT2D eigenvalue weighted by atomic mass is 16.5. The van der Waals surface area contributed by atoms with Crippen LogP contribution in [0.25, 0.3) is 0 Å². The third-order valence-electron chi connectivity index (χ3n) is 4.78. The van der Waals surface area contributed by atoms with E-state index in [1.165, 1.54) is 7.11 Å². The van der Waals surface area contributed by atoms with Crippen LogP contribution in [-0.4, -0.2) is 31.3 Å². The molecular formula is C22H24N2O4. The number of aryl methyl sites for hydroxylation is 1. The van der Waals surface area contributed by atoms with E-state index in [9.17, 15) is 14.4 Å². The zero-order valence-electron chi connectivity index (χ0n) is 16.2. The number of Topliss-reactive ketones (excluding diaryl/α,β-unsaturated/α-hetero) is 1. The smallest absolute Gasteiger partial charge is 0.227 e. The van der Waals surface area contributed by atoms with Gasteiger partial charge in [0.05, 0.1) is 12.8 Å². The second kappa shape index (κ2) is 8.69. The molecule has 1 saturated heterocycles. The Morgan fingerprint density at radius 2 is 1.86 bits per heavy atom. The van der Waals surface area contributed by atoms with Crippen molar-refractivity contribution in [2.75, 3.05) is 23.9 Å². The van der Waals surface area contributed by atoms with Crippen LogP contribution < -0.4 is 15.0 Å².